The van der Waals surface area contributed by atoms with Crippen LogP contribution in [0.1, 0.15) is 46.0 Å². The monoisotopic (exact) mass is 533 g/mol. The standard InChI is InChI=1S/C21H39N7O7S/c1-11(2)9-12(22)17(31)26-13(5-4-7-25-21(23)24)18(32)28-15(10-16(29)30)19(33)27-14(20(34)35)6-8-36-3/h11-15H,4-10,22H2,1-3H3,(H,26,31)(H,27,33)(H,28,32)(H,29,30)(H,34,35)(H4,23,24,25). The van der Waals surface area contributed by atoms with Gasteiger partial charge in [-0.2, -0.15) is 11.8 Å². The number of thioether (sulfide) groups is 1. The highest BCUT2D eigenvalue weighted by Gasteiger charge is 2.31. The van der Waals surface area contributed by atoms with Gasteiger partial charge in [0.05, 0.1) is 12.5 Å². The molecule has 3 amide bonds. The van der Waals surface area contributed by atoms with Crippen LogP contribution in [0.25, 0.3) is 0 Å². The molecule has 0 saturated carbocycles. The zero-order valence-electron chi connectivity index (χ0n) is 20.9. The van der Waals surface area contributed by atoms with Crippen molar-refractivity contribution in [3.8, 4) is 0 Å². The number of aliphatic imine (C=N–C) groups is 1. The molecule has 4 unspecified atom stereocenters. The average Bonchev–Trinajstić information content (AvgIpc) is 2.76. The lowest BCUT2D eigenvalue weighted by atomic mass is 10.0. The maximum atomic E-state index is 13.0. The first kappa shape index (κ1) is 32.9. The summed E-state index contributed by atoms with van der Waals surface area (Å²) < 4.78 is 0. The predicted molar refractivity (Wildman–Crippen MR) is 136 cm³/mol. The number of hydrogen-bond acceptors (Lipinski definition) is 8. The Morgan fingerprint density at radius 2 is 1.44 bits per heavy atom. The Hall–Kier alpha value is -3.07. The highest BCUT2D eigenvalue weighted by atomic mass is 32.2. The lowest BCUT2D eigenvalue weighted by Gasteiger charge is -2.25. The Morgan fingerprint density at radius 3 is 1.94 bits per heavy atom. The van der Waals surface area contributed by atoms with E-state index in [4.69, 9.17) is 17.2 Å². The van der Waals surface area contributed by atoms with E-state index in [-0.39, 0.29) is 37.7 Å². The molecule has 0 radical (unpaired) electrons. The smallest absolute Gasteiger partial charge is 0.326 e. The number of rotatable bonds is 18. The highest BCUT2D eigenvalue weighted by molar-refractivity contribution is 7.98. The minimum atomic E-state index is -1.58. The Bertz CT molecular complexity index is 791. The summed E-state index contributed by atoms with van der Waals surface area (Å²) in [4.78, 5) is 64.8. The van der Waals surface area contributed by atoms with Crippen LogP contribution in [0, 0.1) is 5.92 Å². The third kappa shape index (κ3) is 14.4. The highest BCUT2D eigenvalue weighted by Crippen LogP contribution is 2.07. The molecule has 0 aromatic carbocycles. The Morgan fingerprint density at radius 1 is 0.889 bits per heavy atom. The quantitative estimate of drug-likeness (QED) is 0.0553. The zero-order chi connectivity index (χ0) is 27.8. The lowest BCUT2D eigenvalue weighted by Crippen LogP contribution is -2.57. The van der Waals surface area contributed by atoms with Gasteiger partial charge in [0.1, 0.15) is 18.1 Å². The molecule has 4 atom stereocenters. The summed E-state index contributed by atoms with van der Waals surface area (Å²) in [7, 11) is 0. The molecule has 14 nitrogen and oxygen atoms in total. The zero-order valence-corrected chi connectivity index (χ0v) is 21.7. The minimum Gasteiger partial charge on any atom is -0.481 e. The summed E-state index contributed by atoms with van der Waals surface area (Å²) >= 11 is 1.38. The van der Waals surface area contributed by atoms with Crippen LogP contribution in [0.3, 0.4) is 0 Å². The van der Waals surface area contributed by atoms with Crippen LogP contribution in [0.15, 0.2) is 4.99 Å². The van der Waals surface area contributed by atoms with E-state index in [2.05, 4.69) is 20.9 Å². The van der Waals surface area contributed by atoms with Crippen LogP contribution in [0.2, 0.25) is 0 Å². The normalized spacial score (nSPS) is 14.1. The van der Waals surface area contributed by atoms with Gasteiger partial charge in [0.15, 0.2) is 5.96 Å². The molecular formula is C21H39N7O7S. The first-order chi connectivity index (χ1) is 16.8. The van der Waals surface area contributed by atoms with Crippen LogP contribution in [-0.4, -0.2) is 88.6 Å². The van der Waals surface area contributed by atoms with Gasteiger partial charge in [-0.25, -0.2) is 4.79 Å². The van der Waals surface area contributed by atoms with Gasteiger partial charge in [0.25, 0.3) is 0 Å². The topological polar surface area (TPSA) is 252 Å². The maximum absolute atomic E-state index is 13.0. The molecule has 11 N–H and O–H groups in total. The fraction of sp³-hybridized carbons (Fsp3) is 0.714. The summed E-state index contributed by atoms with van der Waals surface area (Å²) in [5, 5.41) is 25.7. The summed E-state index contributed by atoms with van der Waals surface area (Å²) in [5.74, 6) is -4.66. The Labute approximate surface area is 214 Å². The third-order valence-corrected chi connectivity index (χ3v) is 5.52. The van der Waals surface area contributed by atoms with Gasteiger partial charge in [-0.1, -0.05) is 13.8 Å². The second-order valence-corrected chi connectivity index (χ2v) is 9.57. The minimum absolute atomic E-state index is 0.0651. The van der Waals surface area contributed by atoms with Gasteiger partial charge in [-0.15, -0.1) is 0 Å². The molecule has 0 spiro atoms. The summed E-state index contributed by atoms with van der Waals surface area (Å²) in [6.45, 7) is 3.92. The molecule has 0 saturated heterocycles. The van der Waals surface area contributed by atoms with E-state index in [9.17, 15) is 34.2 Å². The van der Waals surface area contributed by atoms with Crippen LogP contribution in [-0.2, 0) is 24.0 Å². The van der Waals surface area contributed by atoms with Crippen molar-refractivity contribution in [3.05, 3.63) is 0 Å². The van der Waals surface area contributed by atoms with Crippen molar-refractivity contribution < 1.29 is 34.2 Å². The molecule has 0 aliphatic heterocycles. The largest absolute Gasteiger partial charge is 0.481 e. The number of carbonyl (C=O) groups excluding carboxylic acids is 3. The summed E-state index contributed by atoms with van der Waals surface area (Å²) in [6.07, 6.45) is 1.78. The van der Waals surface area contributed by atoms with E-state index < -0.39 is 60.2 Å². The van der Waals surface area contributed by atoms with Crippen LogP contribution >= 0.6 is 11.8 Å². The van der Waals surface area contributed by atoms with Gasteiger partial charge in [0.2, 0.25) is 17.7 Å². The van der Waals surface area contributed by atoms with E-state index in [1.807, 2.05) is 13.8 Å². The van der Waals surface area contributed by atoms with Gasteiger partial charge >= 0.3 is 11.9 Å². The molecule has 0 aromatic rings. The Kier molecular flexibility index (Phi) is 15.9. The SMILES string of the molecule is CSCCC(NC(=O)C(CC(=O)O)NC(=O)C(CCCN=C(N)N)NC(=O)C(N)CC(C)C)C(=O)O. The van der Waals surface area contributed by atoms with Crippen molar-refractivity contribution in [1.29, 1.82) is 0 Å². The second kappa shape index (κ2) is 17.4. The number of amides is 3. The number of carbonyl (C=O) groups is 5. The van der Waals surface area contributed by atoms with E-state index in [0.29, 0.717) is 12.2 Å². The number of carboxylic acids is 2. The second-order valence-electron chi connectivity index (χ2n) is 8.59. The number of guanidine groups is 1. The first-order valence-electron chi connectivity index (χ1n) is 11.4. The van der Waals surface area contributed by atoms with Crippen LogP contribution in [0.5, 0.6) is 0 Å². The summed E-state index contributed by atoms with van der Waals surface area (Å²) in [6, 6.07) is -4.89. The van der Waals surface area contributed by atoms with Crippen molar-refractivity contribution in [1.82, 2.24) is 16.0 Å². The first-order valence-corrected chi connectivity index (χ1v) is 12.8. The molecule has 36 heavy (non-hydrogen) atoms. The molecule has 0 aromatic heterocycles. The molecule has 0 aliphatic rings. The lowest BCUT2D eigenvalue weighted by molar-refractivity contribution is -0.143. The van der Waals surface area contributed by atoms with Crippen LogP contribution in [0.4, 0.5) is 0 Å². The number of carboxylic acid groups (broad SMARTS) is 2. The molecule has 0 aliphatic carbocycles. The molecule has 0 heterocycles. The average molecular weight is 534 g/mol. The van der Waals surface area contributed by atoms with E-state index >= 15 is 0 Å². The van der Waals surface area contributed by atoms with E-state index in [1.165, 1.54) is 11.8 Å². The number of nitrogens with zero attached hydrogens (tertiary/aromatic N) is 1. The molecule has 0 bridgehead atoms. The van der Waals surface area contributed by atoms with Crippen molar-refractivity contribution >= 4 is 47.4 Å². The van der Waals surface area contributed by atoms with Crippen molar-refractivity contribution in [2.24, 2.45) is 28.1 Å². The van der Waals surface area contributed by atoms with Crippen molar-refractivity contribution in [3.63, 3.8) is 0 Å². The van der Waals surface area contributed by atoms with E-state index in [0.717, 1.165) is 0 Å². The van der Waals surface area contributed by atoms with Gasteiger partial charge < -0.3 is 43.4 Å². The molecule has 206 valence electrons. The summed E-state index contributed by atoms with van der Waals surface area (Å²) in [5.41, 5.74) is 16.5. The third-order valence-electron chi connectivity index (χ3n) is 4.88. The predicted octanol–water partition coefficient (Wildman–Crippen LogP) is -1.82. The van der Waals surface area contributed by atoms with E-state index in [1.54, 1.807) is 6.26 Å². The van der Waals surface area contributed by atoms with Crippen molar-refractivity contribution in [2.75, 3.05) is 18.6 Å². The Balaban J connectivity index is 5.60. The molecule has 0 fully saturated rings. The van der Waals surface area contributed by atoms with Gasteiger partial charge in [-0.3, -0.25) is 24.2 Å². The van der Waals surface area contributed by atoms with Crippen LogP contribution < -0.4 is 33.2 Å². The fourth-order valence-corrected chi connectivity index (χ4v) is 3.56. The fourth-order valence-electron chi connectivity index (χ4n) is 3.09. The van der Waals surface area contributed by atoms with Gasteiger partial charge in [0, 0.05) is 6.54 Å². The molecule has 15 heteroatoms. The number of nitrogens with one attached hydrogen (secondary N) is 3. The number of hydrogen-bond donors (Lipinski definition) is 8. The van der Waals surface area contributed by atoms with Gasteiger partial charge in [-0.05, 0) is 43.6 Å². The number of nitrogens with two attached hydrogens (primary N) is 3. The maximum Gasteiger partial charge on any atom is 0.326 e. The van der Waals surface area contributed by atoms with Crippen molar-refractivity contribution in [2.45, 2.75) is 70.1 Å². The molecular weight excluding hydrogens is 494 g/mol. The molecule has 0 rings (SSSR count). The number of aliphatic carboxylic acids is 2.